The van der Waals surface area contributed by atoms with E-state index in [1.807, 2.05) is 0 Å². The van der Waals surface area contributed by atoms with Crippen LogP contribution in [0.3, 0.4) is 0 Å². The lowest BCUT2D eigenvalue weighted by Crippen LogP contribution is -2.28. The minimum atomic E-state index is -0.932. The van der Waals surface area contributed by atoms with Crippen LogP contribution in [0.15, 0.2) is 0 Å². The molecule has 0 bridgehead atoms. The summed E-state index contributed by atoms with van der Waals surface area (Å²) >= 11 is 0. The Labute approximate surface area is 120 Å². The van der Waals surface area contributed by atoms with Crippen LogP contribution >= 0.6 is 0 Å². The molecular formula is C15H32O3Si. The van der Waals surface area contributed by atoms with Gasteiger partial charge in [-0.1, -0.05) is 45.5 Å². The second-order valence-corrected chi connectivity index (χ2v) is 11.6. The van der Waals surface area contributed by atoms with Crippen molar-refractivity contribution in [1.29, 1.82) is 0 Å². The van der Waals surface area contributed by atoms with Crippen LogP contribution in [-0.4, -0.2) is 46.7 Å². The Kier molecular flexibility index (Phi) is 8.22. The fourth-order valence-corrected chi connectivity index (χ4v) is 4.32. The summed E-state index contributed by atoms with van der Waals surface area (Å²) in [4.78, 5) is 0. The van der Waals surface area contributed by atoms with Gasteiger partial charge in [0.15, 0.2) is 0 Å². The standard InChI is InChI=1S/C15H32O3Si/c1-5-14(17-12-15-13-18-15)11-16-9-8-10-19(4,6-2)7-3/h14-15H,5-13H2,1-4H3. The van der Waals surface area contributed by atoms with Crippen molar-refractivity contribution >= 4 is 8.07 Å². The topological polar surface area (TPSA) is 31.0 Å². The predicted octanol–water partition coefficient (Wildman–Crippen LogP) is 3.71. The number of hydrogen-bond donors (Lipinski definition) is 0. The fraction of sp³-hybridized carbons (Fsp3) is 1.00. The Bertz CT molecular complexity index is 227. The zero-order valence-corrected chi connectivity index (χ0v) is 14.2. The quantitative estimate of drug-likeness (QED) is 0.312. The van der Waals surface area contributed by atoms with Crippen molar-refractivity contribution in [2.45, 2.75) is 70.5 Å². The van der Waals surface area contributed by atoms with Gasteiger partial charge in [-0.25, -0.2) is 0 Å². The van der Waals surface area contributed by atoms with E-state index in [0.717, 1.165) is 32.8 Å². The van der Waals surface area contributed by atoms with Gasteiger partial charge in [0, 0.05) is 14.7 Å². The Balaban J connectivity index is 2.01. The van der Waals surface area contributed by atoms with Crippen LogP contribution in [0.2, 0.25) is 24.7 Å². The highest BCUT2D eigenvalue weighted by Crippen LogP contribution is 2.21. The van der Waals surface area contributed by atoms with Gasteiger partial charge in [0.2, 0.25) is 0 Å². The maximum Gasteiger partial charge on any atom is 0.104 e. The summed E-state index contributed by atoms with van der Waals surface area (Å²) in [5.41, 5.74) is 0. The Morgan fingerprint density at radius 2 is 1.95 bits per heavy atom. The summed E-state index contributed by atoms with van der Waals surface area (Å²) in [6.45, 7) is 12.6. The molecule has 2 unspecified atom stereocenters. The third-order valence-electron chi connectivity index (χ3n) is 4.46. The molecule has 1 aliphatic rings. The molecule has 2 atom stereocenters. The van der Waals surface area contributed by atoms with Crippen LogP contribution in [-0.2, 0) is 14.2 Å². The van der Waals surface area contributed by atoms with Crippen molar-refractivity contribution in [3.8, 4) is 0 Å². The molecule has 0 aliphatic carbocycles. The van der Waals surface area contributed by atoms with Crippen molar-refractivity contribution in [2.24, 2.45) is 0 Å². The van der Waals surface area contributed by atoms with Gasteiger partial charge >= 0.3 is 0 Å². The molecule has 0 aromatic rings. The van der Waals surface area contributed by atoms with Crippen molar-refractivity contribution < 1.29 is 14.2 Å². The zero-order valence-electron chi connectivity index (χ0n) is 13.2. The van der Waals surface area contributed by atoms with Crippen molar-refractivity contribution in [2.75, 3.05) is 26.4 Å². The highest BCUT2D eigenvalue weighted by atomic mass is 28.3. The van der Waals surface area contributed by atoms with Gasteiger partial charge in [-0.2, -0.15) is 0 Å². The van der Waals surface area contributed by atoms with Crippen LogP contribution in [0.25, 0.3) is 0 Å². The monoisotopic (exact) mass is 288 g/mol. The molecule has 114 valence electrons. The lowest BCUT2D eigenvalue weighted by molar-refractivity contribution is -0.0227. The van der Waals surface area contributed by atoms with E-state index >= 15 is 0 Å². The molecule has 0 aromatic heterocycles. The van der Waals surface area contributed by atoms with Gasteiger partial charge in [0.1, 0.15) is 6.10 Å². The van der Waals surface area contributed by atoms with Gasteiger partial charge in [-0.15, -0.1) is 0 Å². The molecule has 0 radical (unpaired) electrons. The van der Waals surface area contributed by atoms with Crippen LogP contribution in [0, 0.1) is 0 Å². The first-order chi connectivity index (χ1) is 9.13. The van der Waals surface area contributed by atoms with Gasteiger partial charge in [-0.3, -0.25) is 0 Å². The molecule has 1 aliphatic heterocycles. The molecule has 1 heterocycles. The van der Waals surface area contributed by atoms with Crippen LogP contribution in [0.5, 0.6) is 0 Å². The van der Waals surface area contributed by atoms with Gasteiger partial charge < -0.3 is 14.2 Å². The van der Waals surface area contributed by atoms with Crippen molar-refractivity contribution in [1.82, 2.24) is 0 Å². The lowest BCUT2D eigenvalue weighted by atomic mass is 10.3. The number of epoxide rings is 1. The highest BCUT2D eigenvalue weighted by molar-refractivity contribution is 6.78. The summed E-state index contributed by atoms with van der Waals surface area (Å²) in [5.74, 6) is 0. The third kappa shape index (κ3) is 7.44. The number of hydrogen-bond acceptors (Lipinski definition) is 3. The SMILES string of the molecule is CCC(COCCC[Si](C)(CC)CC)OCC1CO1. The Morgan fingerprint density at radius 1 is 1.26 bits per heavy atom. The molecule has 1 fully saturated rings. The normalized spacial score (nSPS) is 20.5. The largest absolute Gasteiger partial charge is 0.379 e. The van der Waals surface area contributed by atoms with Crippen LogP contribution in [0.1, 0.15) is 33.6 Å². The first-order valence-corrected chi connectivity index (χ1v) is 11.1. The average molecular weight is 289 g/mol. The van der Waals surface area contributed by atoms with Crippen molar-refractivity contribution in [3.63, 3.8) is 0 Å². The number of rotatable bonds is 12. The second-order valence-electron chi connectivity index (χ2n) is 6.02. The van der Waals surface area contributed by atoms with Crippen LogP contribution < -0.4 is 0 Å². The van der Waals surface area contributed by atoms with Gasteiger partial charge in [0.05, 0.1) is 25.9 Å². The van der Waals surface area contributed by atoms with Gasteiger partial charge in [-0.05, 0) is 12.8 Å². The van der Waals surface area contributed by atoms with E-state index in [-0.39, 0.29) is 6.10 Å². The third-order valence-corrected chi connectivity index (χ3v) is 9.43. The van der Waals surface area contributed by atoms with E-state index in [1.165, 1.54) is 24.6 Å². The first-order valence-electron chi connectivity index (χ1n) is 7.94. The molecule has 0 N–H and O–H groups in total. The smallest absolute Gasteiger partial charge is 0.104 e. The molecule has 0 aromatic carbocycles. The molecule has 0 saturated carbocycles. The summed E-state index contributed by atoms with van der Waals surface area (Å²) in [6.07, 6.45) is 2.83. The summed E-state index contributed by atoms with van der Waals surface area (Å²) in [5, 5.41) is 0. The first kappa shape index (κ1) is 17.1. The highest BCUT2D eigenvalue weighted by Gasteiger charge is 2.24. The lowest BCUT2D eigenvalue weighted by Gasteiger charge is -2.24. The van der Waals surface area contributed by atoms with Gasteiger partial charge in [0.25, 0.3) is 0 Å². The van der Waals surface area contributed by atoms with Crippen LogP contribution in [0.4, 0.5) is 0 Å². The minimum absolute atomic E-state index is 0.241. The Morgan fingerprint density at radius 3 is 2.47 bits per heavy atom. The summed E-state index contributed by atoms with van der Waals surface area (Å²) < 4.78 is 16.7. The molecule has 0 spiro atoms. The van der Waals surface area contributed by atoms with E-state index in [2.05, 4.69) is 27.3 Å². The average Bonchev–Trinajstić information content (AvgIpc) is 3.25. The summed E-state index contributed by atoms with van der Waals surface area (Å²) in [7, 11) is -0.932. The van der Waals surface area contributed by atoms with E-state index in [0.29, 0.717) is 6.10 Å². The molecule has 0 amide bonds. The van der Waals surface area contributed by atoms with Crippen molar-refractivity contribution in [3.05, 3.63) is 0 Å². The fourth-order valence-electron chi connectivity index (χ4n) is 2.11. The molecule has 1 saturated heterocycles. The molecular weight excluding hydrogens is 256 g/mol. The summed E-state index contributed by atoms with van der Waals surface area (Å²) in [6, 6.07) is 4.19. The second kappa shape index (κ2) is 9.11. The minimum Gasteiger partial charge on any atom is -0.379 e. The predicted molar refractivity (Wildman–Crippen MR) is 82.6 cm³/mol. The zero-order chi connectivity index (χ0) is 14.1. The maximum absolute atomic E-state index is 5.78. The van der Waals surface area contributed by atoms with E-state index in [1.54, 1.807) is 0 Å². The molecule has 1 rings (SSSR count). The van der Waals surface area contributed by atoms with E-state index < -0.39 is 8.07 Å². The van der Waals surface area contributed by atoms with E-state index in [9.17, 15) is 0 Å². The molecule has 3 nitrogen and oxygen atoms in total. The molecule has 4 heteroatoms. The Hall–Kier alpha value is 0.0969. The number of ether oxygens (including phenoxy) is 3. The molecule has 19 heavy (non-hydrogen) atoms. The maximum atomic E-state index is 5.78. The van der Waals surface area contributed by atoms with E-state index in [4.69, 9.17) is 14.2 Å².